The van der Waals surface area contributed by atoms with Crippen LogP contribution in [0.15, 0.2) is 60.9 Å². The number of hydrogen-bond acceptors (Lipinski definition) is 7. The van der Waals surface area contributed by atoms with Crippen molar-refractivity contribution in [1.29, 1.82) is 0 Å². The Kier molecular flexibility index (Phi) is 6.03. The van der Waals surface area contributed by atoms with Crippen molar-refractivity contribution < 1.29 is 14.3 Å². The van der Waals surface area contributed by atoms with E-state index in [-0.39, 0.29) is 5.91 Å². The van der Waals surface area contributed by atoms with E-state index in [0.717, 1.165) is 5.69 Å². The molecule has 0 fully saturated rings. The first kappa shape index (κ1) is 19.8. The van der Waals surface area contributed by atoms with E-state index in [0.29, 0.717) is 28.5 Å². The number of ether oxygens (including phenoxy) is 1. The van der Waals surface area contributed by atoms with Gasteiger partial charge in [-0.05, 0) is 42.5 Å². The van der Waals surface area contributed by atoms with Crippen molar-refractivity contribution in [2.24, 2.45) is 0 Å². The zero-order valence-electron chi connectivity index (χ0n) is 16.3. The number of rotatable bonds is 6. The van der Waals surface area contributed by atoms with Crippen molar-refractivity contribution in [2.45, 2.75) is 0 Å². The average Bonchev–Trinajstić information content (AvgIpc) is 2.74. The summed E-state index contributed by atoms with van der Waals surface area (Å²) < 4.78 is 4.71. The van der Waals surface area contributed by atoms with E-state index in [9.17, 15) is 9.59 Å². The molecule has 0 aliphatic carbocycles. The molecule has 0 radical (unpaired) electrons. The van der Waals surface area contributed by atoms with Crippen LogP contribution in [-0.2, 0) is 4.74 Å². The quantitative estimate of drug-likeness (QED) is 0.622. The molecule has 0 unspecified atom stereocenters. The molecule has 1 aromatic heterocycles. The number of methoxy groups -OCH3 is 1. The van der Waals surface area contributed by atoms with Crippen molar-refractivity contribution in [3.05, 3.63) is 72.1 Å². The molecule has 0 aliphatic heterocycles. The Bertz CT molecular complexity index is 1000. The minimum Gasteiger partial charge on any atom is -0.465 e. The number of esters is 1. The van der Waals surface area contributed by atoms with E-state index in [2.05, 4.69) is 20.6 Å². The third-order valence-corrected chi connectivity index (χ3v) is 4.10. The molecule has 0 saturated heterocycles. The fourth-order valence-corrected chi connectivity index (χ4v) is 2.53. The van der Waals surface area contributed by atoms with Gasteiger partial charge in [-0.1, -0.05) is 6.07 Å². The number of nitrogens with one attached hydrogen (secondary N) is 2. The molecule has 2 N–H and O–H groups in total. The molecular formula is C21H21N5O3. The summed E-state index contributed by atoms with van der Waals surface area (Å²) in [5, 5.41) is 5.80. The van der Waals surface area contributed by atoms with Gasteiger partial charge in [-0.3, -0.25) is 4.79 Å². The predicted molar refractivity (Wildman–Crippen MR) is 112 cm³/mol. The summed E-state index contributed by atoms with van der Waals surface area (Å²) in [7, 11) is 5.23. The normalized spacial score (nSPS) is 10.2. The van der Waals surface area contributed by atoms with Gasteiger partial charge in [0.15, 0.2) is 0 Å². The zero-order valence-corrected chi connectivity index (χ0v) is 16.3. The van der Waals surface area contributed by atoms with Crippen LogP contribution in [0.4, 0.5) is 23.0 Å². The molecule has 8 heteroatoms. The van der Waals surface area contributed by atoms with Gasteiger partial charge in [-0.25, -0.2) is 14.8 Å². The van der Waals surface area contributed by atoms with Gasteiger partial charge in [-0.15, -0.1) is 0 Å². The van der Waals surface area contributed by atoms with E-state index in [1.807, 2.05) is 43.3 Å². The number of benzene rings is 2. The summed E-state index contributed by atoms with van der Waals surface area (Å²) in [6.07, 6.45) is 2.87. The Morgan fingerprint density at radius 2 is 1.62 bits per heavy atom. The lowest BCUT2D eigenvalue weighted by Gasteiger charge is -2.13. The molecule has 8 nitrogen and oxygen atoms in total. The van der Waals surface area contributed by atoms with Crippen LogP contribution in [0, 0.1) is 0 Å². The van der Waals surface area contributed by atoms with Gasteiger partial charge in [-0.2, -0.15) is 0 Å². The summed E-state index contributed by atoms with van der Waals surface area (Å²) in [5.74, 6) is -0.430. The Labute approximate surface area is 168 Å². The lowest BCUT2D eigenvalue weighted by Crippen LogP contribution is -2.13. The Morgan fingerprint density at radius 3 is 2.24 bits per heavy atom. The minimum atomic E-state index is -0.430. The van der Waals surface area contributed by atoms with Gasteiger partial charge in [0.2, 0.25) is 5.95 Å². The maximum Gasteiger partial charge on any atom is 0.337 e. The molecule has 29 heavy (non-hydrogen) atoms. The Balaban J connectivity index is 1.65. The first-order valence-corrected chi connectivity index (χ1v) is 8.82. The van der Waals surface area contributed by atoms with Crippen LogP contribution in [0.1, 0.15) is 20.7 Å². The second kappa shape index (κ2) is 8.83. The van der Waals surface area contributed by atoms with Crippen LogP contribution in [0.3, 0.4) is 0 Å². The second-order valence-corrected chi connectivity index (χ2v) is 6.39. The smallest absolute Gasteiger partial charge is 0.337 e. The molecule has 1 heterocycles. The third-order valence-electron chi connectivity index (χ3n) is 4.10. The zero-order chi connectivity index (χ0) is 20.8. The highest BCUT2D eigenvalue weighted by Gasteiger charge is 2.09. The molecule has 0 spiro atoms. The number of hydrogen-bond donors (Lipinski definition) is 2. The number of aromatic nitrogens is 2. The summed E-state index contributed by atoms with van der Waals surface area (Å²) in [6.45, 7) is 0. The lowest BCUT2D eigenvalue weighted by atomic mass is 10.2. The monoisotopic (exact) mass is 391 g/mol. The largest absolute Gasteiger partial charge is 0.465 e. The SMILES string of the molecule is COC(=O)c1cccc(Nc2ncc(C(=O)Nc3ccc(N(C)C)cc3)cn2)c1. The molecule has 148 valence electrons. The predicted octanol–water partition coefficient (Wildman–Crippen LogP) is 3.33. The van der Waals surface area contributed by atoms with E-state index in [1.165, 1.54) is 19.5 Å². The van der Waals surface area contributed by atoms with E-state index >= 15 is 0 Å². The van der Waals surface area contributed by atoms with Gasteiger partial charge in [0.25, 0.3) is 5.91 Å². The molecule has 0 saturated carbocycles. The number of carbonyl (C=O) groups excluding carboxylic acids is 2. The molecule has 3 aromatic rings. The summed E-state index contributed by atoms with van der Waals surface area (Å²) in [4.78, 5) is 34.3. The van der Waals surface area contributed by atoms with Crippen LogP contribution in [0.5, 0.6) is 0 Å². The number of carbonyl (C=O) groups is 2. The minimum absolute atomic E-state index is 0.304. The molecule has 2 aromatic carbocycles. The van der Waals surface area contributed by atoms with Gasteiger partial charge >= 0.3 is 5.97 Å². The number of amides is 1. The summed E-state index contributed by atoms with van der Waals surface area (Å²) >= 11 is 0. The van der Waals surface area contributed by atoms with E-state index in [1.54, 1.807) is 24.3 Å². The molecule has 1 amide bonds. The molecule has 3 rings (SSSR count). The van der Waals surface area contributed by atoms with Gasteiger partial charge in [0.1, 0.15) is 0 Å². The van der Waals surface area contributed by atoms with Crippen LogP contribution in [0.2, 0.25) is 0 Å². The van der Waals surface area contributed by atoms with E-state index in [4.69, 9.17) is 4.74 Å². The summed E-state index contributed by atoms with van der Waals surface area (Å²) in [5.41, 5.74) is 3.09. The fraction of sp³-hybridized carbons (Fsp3) is 0.143. The van der Waals surface area contributed by atoms with Crippen LogP contribution in [-0.4, -0.2) is 43.0 Å². The molecule has 0 aliphatic rings. The standard InChI is InChI=1S/C21H21N5O3/c1-26(2)18-9-7-16(8-10-18)24-19(27)15-12-22-21(23-13-15)25-17-6-4-5-14(11-17)20(28)29-3/h4-13H,1-3H3,(H,24,27)(H,22,23,25). The van der Waals surface area contributed by atoms with E-state index < -0.39 is 5.97 Å². The number of anilines is 4. The average molecular weight is 391 g/mol. The first-order chi connectivity index (χ1) is 14.0. The van der Waals surface area contributed by atoms with Crippen LogP contribution < -0.4 is 15.5 Å². The summed E-state index contributed by atoms with van der Waals surface area (Å²) in [6, 6.07) is 14.3. The number of nitrogens with zero attached hydrogens (tertiary/aromatic N) is 3. The highest BCUT2D eigenvalue weighted by molar-refractivity contribution is 6.04. The van der Waals surface area contributed by atoms with Crippen LogP contribution >= 0.6 is 0 Å². The molecular weight excluding hydrogens is 370 g/mol. The lowest BCUT2D eigenvalue weighted by molar-refractivity contribution is 0.0600. The second-order valence-electron chi connectivity index (χ2n) is 6.39. The highest BCUT2D eigenvalue weighted by atomic mass is 16.5. The van der Waals surface area contributed by atoms with Crippen molar-refractivity contribution >= 4 is 34.9 Å². The topological polar surface area (TPSA) is 96.4 Å². The van der Waals surface area contributed by atoms with Gasteiger partial charge in [0, 0.05) is 43.6 Å². The first-order valence-electron chi connectivity index (χ1n) is 8.82. The van der Waals surface area contributed by atoms with Crippen molar-refractivity contribution in [3.8, 4) is 0 Å². The third kappa shape index (κ3) is 5.07. The van der Waals surface area contributed by atoms with Crippen molar-refractivity contribution in [1.82, 2.24) is 9.97 Å². The Hall–Kier alpha value is -3.94. The maximum atomic E-state index is 12.4. The van der Waals surface area contributed by atoms with Gasteiger partial charge in [0.05, 0.1) is 18.2 Å². The highest BCUT2D eigenvalue weighted by Crippen LogP contribution is 2.17. The molecule has 0 bridgehead atoms. The maximum absolute atomic E-state index is 12.4. The van der Waals surface area contributed by atoms with Crippen molar-refractivity contribution in [3.63, 3.8) is 0 Å². The fourth-order valence-electron chi connectivity index (χ4n) is 2.53. The Morgan fingerprint density at radius 1 is 0.931 bits per heavy atom. The van der Waals surface area contributed by atoms with Crippen LogP contribution in [0.25, 0.3) is 0 Å². The molecule has 0 atom stereocenters. The van der Waals surface area contributed by atoms with Crippen molar-refractivity contribution in [2.75, 3.05) is 36.7 Å². The van der Waals surface area contributed by atoms with Gasteiger partial charge < -0.3 is 20.3 Å².